The summed E-state index contributed by atoms with van der Waals surface area (Å²) >= 11 is 0. The number of hydrogen-bond acceptors (Lipinski definition) is 4. The molecule has 1 aromatic carbocycles. The maximum absolute atomic E-state index is 11.9. The van der Waals surface area contributed by atoms with Gasteiger partial charge >= 0.3 is 5.97 Å². The van der Waals surface area contributed by atoms with Gasteiger partial charge in [0.05, 0.1) is 16.6 Å². The van der Waals surface area contributed by atoms with Crippen LogP contribution < -0.4 is 5.32 Å². The predicted molar refractivity (Wildman–Crippen MR) is 73.1 cm³/mol. The Labute approximate surface area is 117 Å². The van der Waals surface area contributed by atoms with Crippen LogP contribution in [-0.4, -0.2) is 37.2 Å². The number of nitrogens with one attached hydrogen (secondary N) is 1. The number of carboxylic acid groups (broad SMARTS) is 1. The summed E-state index contributed by atoms with van der Waals surface area (Å²) in [6, 6.07) is 6.01. The number of rotatable bonds is 6. The van der Waals surface area contributed by atoms with Crippen molar-refractivity contribution in [1.82, 2.24) is 5.32 Å². The molecule has 0 aliphatic heterocycles. The van der Waals surface area contributed by atoms with Gasteiger partial charge in [-0.3, -0.25) is 9.59 Å². The number of sulfone groups is 1. The van der Waals surface area contributed by atoms with Crippen molar-refractivity contribution >= 4 is 21.7 Å². The molecular formula is C13H17NO5S. The zero-order valence-electron chi connectivity index (χ0n) is 11.3. The first-order chi connectivity index (χ1) is 9.23. The zero-order chi connectivity index (χ0) is 15.3. The molecule has 1 aromatic rings. The first-order valence-electron chi connectivity index (χ1n) is 6.05. The summed E-state index contributed by atoms with van der Waals surface area (Å²) < 4.78 is 23.8. The van der Waals surface area contributed by atoms with Crippen molar-refractivity contribution in [2.45, 2.75) is 30.4 Å². The summed E-state index contributed by atoms with van der Waals surface area (Å²) in [5, 5.41) is 10.2. The second kappa shape index (κ2) is 6.51. The lowest BCUT2D eigenvalue weighted by atomic mass is 10.1. The van der Waals surface area contributed by atoms with E-state index < -0.39 is 33.5 Å². The van der Waals surface area contributed by atoms with E-state index in [1.54, 1.807) is 26.0 Å². The Morgan fingerprint density at radius 2 is 1.75 bits per heavy atom. The van der Waals surface area contributed by atoms with Crippen LogP contribution >= 0.6 is 0 Å². The minimum Gasteiger partial charge on any atom is -0.480 e. The number of amides is 1. The molecule has 2 N–H and O–H groups in total. The van der Waals surface area contributed by atoms with Gasteiger partial charge in [-0.1, -0.05) is 12.1 Å². The topological polar surface area (TPSA) is 101 Å². The molecule has 1 rings (SSSR count). The van der Waals surface area contributed by atoms with Crippen LogP contribution in [0.2, 0.25) is 0 Å². The molecule has 0 aliphatic rings. The molecule has 7 heteroatoms. The van der Waals surface area contributed by atoms with Crippen molar-refractivity contribution in [3.05, 3.63) is 29.8 Å². The molecular weight excluding hydrogens is 282 g/mol. The van der Waals surface area contributed by atoms with Gasteiger partial charge in [-0.2, -0.15) is 0 Å². The SMILES string of the molecule is CC(C)S(=O)(=O)c1ccc(CC(=O)NCC(=O)O)cc1. The largest absolute Gasteiger partial charge is 0.480 e. The van der Waals surface area contributed by atoms with Crippen molar-refractivity contribution in [2.24, 2.45) is 0 Å². The Morgan fingerprint density at radius 1 is 1.20 bits per heavy atom. The van der Waals surface area contributed by atoms with E-state index >= 15 is 0 Å². The van der Waals surface area contributed by atoms with Gasteiger partial charge in [0.25, 0.3) is 0 Å². The molecule has 0 saturated heterocycles. The van der Waals surface area contributed by atoms with Gasteiger partial charge in [-0.25, -0.2) is 8.42 Å². The van der Waals surface area contributed by atoms with Gasteiger partial charge in [-0.15, -0.1) is 0 Å². The Balaban J connectivity index is 2.73. The van der Waals surface area contributed by atoms with Gasteiger partial charge in [0.15, 0.2) is 9.84 Å². The predicted octanol–water partition coefficient (Wildman–Crippen LogP) is 0.612. The Hall–Kier alpha value is -1.89. The fourth-order valence-corrected chi connectivity index (χ4v) is 2.55. The fraction of sp³-hybridized carbons (Fsp3) is 0.385. The van der Waals surface area contributed by atoms with Gasteiger partial charge in [0.1, 0.15) is 6.54 Å². The third-order valence-corrected chi connectivity index (χ3v) is 4.84. The van der Waals surface area contributed by atoms with E-state index in [-0.39, 0.29) is 11.3 Å². The van der Waals surface area contributed by atoms with Gasteiger partial charge in [0.2, 0.25) is 5.91 Å². The first kappa shape index (κ1) is 16.2. The van der Waals surface area contributed by atoms with Crippen molar-refractivity contribution in [2.75, 3.05) is 6.54 Å². The highest BCUT2D eigenvalue weighted by atomic mass is 32.2. The van der Waals surface area contributed by atoms with Crippen LogP contribution in [0.15, 0.2) is 29.2 Å². The molecule has 0 heterocycles. The minimum absolute atomic E-state index is 0.00921. The van der Waals surface area contributed by atoms with E-state index in [9.17, 15) is 18.0 Å². The van der Waals surface area contributed by atoms with Crippen LogP contribution in [0.1, 0.15) is 19.4 Å². The molecule has 0 saturated carbocycles. The number of benzene rings is 1. The number of carbonyl (C=O) groups excluding carboxylic acids is 1. The van der Waals surface area contributed by atoms with Crippen LogP contribution in [0, 0.1) is 0 Å². The summed E-state index contributed by atoms with van der Waals surface area (Å²) in [4.78, 5) is 21.9. The van der Waals surface area contributed by atoms with E-state index in [1.165, 1.54) is 12.1 Å². The maximum Gasteiger partial charge on any atom is 0.322 e. The summed E-state index contributed by atoms with van der Waals surface area (Å²) in [6.45, 7) is 2.77. The third-order valence-electron chi connectivity index (χ3n) is 2.67. The van der Waals surface area contributed by atoms with E-state index in [4.69, 9.17) is 5.11 Å². The van der Waals surface area contributed by atoms with Crippen molar-refractivity contribution < 1.29 is 23.1 Å². The van der Waals surface area contributed by atoms with E-state index in [0.717, 1.165) is 0 Å². The normalized spacial score (nSPS) is 11.3. The monoisotopic (exact) mass is 299 g/mol. The standard InChI is InChI=1S/C13H17NO5S/c1-9(2)20(18,19)11-5-3-10(4-6-11)7-12(15)14-8-13(16)17/h3-6,9H,7-8H2,1-2H3,(H,14,15)(H,16,17). The van der Waals surface area contributed by atoms with Crippen molar-refractivity contribution in [1.29, 1.82) is 0 Å². The van der Waals surface area contributed by atoms with Crippen LogP contribution in [0.3, 0.4) is 0 Å². The van der Waals surface area contributed by atoms with Gasteiger partial charge < -0.3 is 10.4 Å². The summed E-state index contributed by atoms with van der Waals surface area (Å²) in [6.07, 6.45) is 0.00921. The highest BCUT2D eigenvalue weighted by Crippen LogP contribution is 2.16. The lowest BCUT2D eigenvalue weighted by Crippen LogP contribution is -2.30. The van der Waals surface area contributed by atoms with Crippen molar-refractivity contribution in [3.8, 4) is 0 Å². The van der Waals surface area contributed by atoms with Gasteiger partial charge in [-0.05, 0) is 31.5 Å². The van der Waals surface area contributed by atoms with Crippen LogP contribution in [0.4, 0.5) is 0 Å². The summed E-state index contributed by atoms with van der Waals surface area (Å²) in [5.41, 5.74) is 0.621. The second-order valence-electron chi connectivity index (χ2n) is 4.58. The molecule has 0 aromatic heterocycles. The third kappa shape index (κ3) is 4.34. The Kier molecular flexibility index (Phi) is 5.26. The highest BCUT2D eigenvalue weighted by Gasteiger charge is 2.18. The van der Waals surface area contributed by atoms with Crippen LogP contribution in [0.25, 0.3) is 0 Å². The average molecular weight is 299 g/mol. The second-order valence-corrected chi connectivity index (χ2v) is 7.09. The number of carbonyl (C=O) groups is 2. The molecule has 20 heavy (non-hydrogen) atoms. The smallest absolute Gasteiger partial charge is 0.322 e. The quantitative estimate of drug-likeness (QED) is 0.801. The molecule has 6 nitrogen and oxygen atoms in total. The molecule has 0 bridgehead atoms. The van der Waals surface area contributed by atoms with E-state index in [1.807, 2.05) is 0 Å². The van der Waals surface area contributed by atoms with E-state index in [0.29, 0.717) is 5.56 Å². The van der Waals surface area contributed by atoms with Crippen LogP contribution in [0.5, 0.6) is 0 Å². The summed E-state index contributed by atoms with van der Waals surface area (Å²) in [7, 11) is -3.32. The fourth-order valence-electron chi connectivity index (χ4n) is 1.49. The molecule has 1 amide bonds. The lowest BCUT2D eigenvalue weighted by Gasteiger charge is -2.08. The molecule has 0 atom stereocenters. The molecule has 0 fully saturated rings. The van der Waals surface area contributed by atoms with Crippen molar-refractivity contribution in [3.63, 3.8) is 0 Å². The molecule has 0 aliphatic carbocycles. The number of hydrogen-bond donors (Lipinski definition) is 2. The maximum atomic E-state index is 11.9. The molecule has 0 unspecified atom stereocenters. The highest BCUT2D eigenvalue weighted by molar-refractivity contribution is 7.92. The number of aliphatic carboxylic acids is 1. The zero-order valence-corrected chi connectivity index (χ0v) is 12.1. The average Bonchev–Trinajstić information content (AvgIpc) is 2.37. The molecule has 0 spiro atoms. The molecule has 110 valence electrons. The Morgan fingerprint density at radius 3 is 2.20 bits per heavy atom. The minimum atomic E-state index is -3.32. The first-order valence-corrected chi connectivity index (χ1v) is 7.59. The number of carboxylic acids is 1. The Bertz CT molecular complexity index is 590. The summed E-state index contributed by atoms with van der Waals surface area (Å²) in [5.74, 6) is -1.54. The van der Waals surface area contributed by atoms with Crippen LogP contribution in [-0.2, 0) is 25.8 Å². The van der Waals surface area contributed by atoms with Gasteiger partial charge in [0, 0.05) is 0 Å². The lowest BCUT2D eigenvalue weighted by molar-refractivity contribution is -0.137. The van der Waals surface area contributed by atoms with E-state index in [2.05, 4.69) is 5.32 Å². The molecule has 0 radical (unpaired) electrons.